The predicted molar refractivity (Wildman–Crippen MR) is 68.7 cm³/mol. The van der Waals surface area contributed by atoms with E-state index in [0.29, 0.717) is 15.7 Å². The molecule has 18 heavy (non-hydrogen) atoms. The van der Waals surface area contributed by atoms with Crippen LogP contribution in [0.4, 0.5) is 10.1 Å². The average Bonchev–Trinajstić information content (AvgIpc) is 2.71. The molecule has 2 N–H and O–H groups in total. The van der Waals surface area contributed by atoms with E-state index >= 15 is 0 Å². The largest absolute Gasteiger partial charge is 0.368 e. The van der Waals surface area contributed by atoms with Gasteiger partial charge in [-0.1, -0.05) is 0 Å². The Morgan fingerprint density at radius 3 is 2.89 bits per heavy atom. The van der Waals surface area contributed by atoms with Crippen LogP contribution in [0.3, 0.4) is 0 Å². The van der Waals surface area contributed by atoms with Gasteiger partial charge in [0, 0.05) is 10.9 Å². The molecule has 2 atom stereocenters. The minimum absolute atomic E-state index is 0.113. The van der Waals surface area contributed by atoms with E-state index < -0.39 is 18.1 Å². The second-order valence-electron chi connectivity index (χ2n) is 4.18. The van der Waals surface area contributed by atoms with Crippen LogP contribution in [-0.2, 0) is 4.79 Å². The highest BCUT2D eigenvalue weighted by atomic mass is 79.9. The number of hydrogen-bond acceptors (Lipinski definition) is 3. The molecule has 0 aromatic heterocycles. The topological polar surface area (TPSA) is 70.1 Å². The lowest BCUT2D eigenvalue weighted by atomic mass is 10.1. The number of hydrogen-bond donors (Lipinski definition) is 1. The van der Waals surface area contributed by atoms with Gasteiger partial charge in [-0.3, -0.25) is 4.79 Å². The van der Waals surface area contributed by atoms with Gasteiger partial charge in [-0.25, -0.2) is 4.39 Å². The zero-order valence-corrected chi connectivity index (χ0v) is 11.0. The monoisotopic (exact) mass is 311 g/mol. The van der Waals surface area contributed by atoms with E-state index in [4.69, 9.17) is 11.0 Å². The number of rotatable bonds is 2. The number of amides is 1. The van der Waals surface area contributed by atoms with Gasteiger partial charge in [0.25, 0.3) is 0 Å². The molecule has 1 amide bonds. The second-order valence-corrected chi connectivity index (χ2v) is 5.04. The SMILES string of the molecule is N#Cc1ccc(N2C[C@H](F)C[C@H]2C(N)=O)c(Br)c1. The normalized spacial score (nSPS) is 22.8. The van der Waals surface area contributed by atoms with Crippen LogP contribution in [0, 0.1) is 11.3 Å². The molecule has 6 heteroatoms. The van der Waals surface area contributed by atoms with Crippen molar-refractivity contribution in [2.75, 3.05) is 11.4 Å². The second kappa shape index (κ2) is 4.94. The lowest BCUT2D eigenvalue weighted by Gasteiger charge is -2.25. The van der Waals surface area contributed by atoms with Crippen molar-refractivity contribution >= 4 is 27.5 Å². The summed E-state index contributed by atoms with van der Waals surface area (Å²) in [5.41, 5.74) is 6.46. The minimum Gasteiger partial charge on any atom is -0.368 e. The first-order valence-corrected chi connectivity index (χ1v) is 6.22. The summed E-state index contributed by atoms with van der Waals surface area (Å²) in [5.74, 6) is -0.536. The molecule has 94 valence electrons. The van der Waals surface area contributed by atoms with Crippen molar-refractivity contribution < 1.29 is 9.18 Å². The van der Waals surface area contributed by atoms with Crippen LogP contribution in [0.5, 0.6) is 0 Å². The van der Waals surface area contributed by atoms with Gasteiger partial charge in [-0.05, 0) is 34.1 Å². The van der Waals surface area contributed by atoms with Gasteiger partial charge in [0.2, 0.25) is 5.91 Å². The number of carbonyl (C=O) groups excluding carboxylic acids is 1. The Hall–Kier alpha value is -1.61. The molecule has 4 nitrogen and oxygen atoms in total. The molecule has 0 aliphatic carbocycles. The summed E-state index contributed by atoms with van der Waals surface area (Å²) in [6.07, 6.45) is -0.952. The van der Waals surface area contributed by atoms with E-state index in [9.17, 15) is 9.18 Å². The summed E-state index contributed by atoms with van der Waals surface area (Å²) in [4.78, 5) is 12.9. The number of nitrogens with zero attached hydrogens (tertiary/aromatic N) is 2. The Morgan fingerprint density at radius 2 is 2.33 bits per heavy atom. The molecule has 1 heterocycles. The van der Waals surface area contributed by atoms with Crippen LogP contribution in [0.1, 0.15) is 12.0 Å². The standard InChI is InChI=1S/C12H11BrFN3O/c13-9-3-7(5-15)1-2-10(9)17-6-8(14)4-11(17)12(16)18/h1-3,8,11H,4,6H2,(H2,16,18)/t8-,11+/m1/s1. The highest BCUT2D eigenvalue weighted by Gasteiger charge is 2.36. The van der Waals surface area contributed by atoms with Gasteiger partial charge in [0.05, 0.1) is 23.9 Å². The van der Waals surface area contributed by atoms with Crippen LogP contribution < -0.4 is 10.6 Å². The van der Waals surface area contributed by atoms with E-state index in [0.717, 1.165) is 0 Å². The number of nitriles is 1. The summed E-state index contributed by atoms with van der Waals surface area (Å²) >= 11 is 3.33. The van der Waals surface area contributed by atoms with Gasteiger partial charge in [0.1, 0.15) is 12.2 Å². The first kappa shape index (κ1) is 12.8. The van der Waals surface area contributed by atoms with Crippen LogP contribution >= 0.6 is 15.9 Å². The number of nitrogens with two attached hydrogens (primary N) is 1. The number of halogens is 2. The molecule has 1 aromatic carbocycles. The van der Waals surface area contributed by atoms with Gasteiger partial charge >= 0.3 is 0 Å². The number of benzene rings is 1. The smallest absolute Gasteiger partial charge is 0.240 e. The maximum absolute atomic E-state index is 13.4. The fraction of sp³-hybridized carbons (Fsp3) is 0.333. The molecule has 0 saturated carbocycles. The number of anilines is 1. The molecule has 1 fully saturated rings. The van der Waals surface area contributed by atoms with Crippen molar-refractivity contribution in [2.24, 2.45) is 5.73 Å². The molecule has 1 saturated heterocycles. The average molecular weight is 312 g/mol. The lowest BCUT2D eigenvalue weighted by Crippen LogP contribution is -2.40. The maximum Gasteiger partial charge on any atom is 0.240 e. The summed E-state index contributed by atoms with van der Waals surface area (Å²) < 4.78 is 14.1. The van der Waals surface area contributed by atoms with Crippen LogP contribution in [0.2, 0.25) is 0 Å². The van der Waals surface area contributed by atoms with E-state index in [1.54, 1.807) is 23.1 Å². The highest BCUT2D eigenvalue weighted by molar-refractivity contribution is 9.10. The van der Waals surface area contributed by atoms with Crippen molar-refractivity contribution in [1.82, 2.24) is 0 Å². The van der Waals surface area contributed by atoms with E-state index in [1.807, 2.05) is 6.07 Å². The van der Waals surface area contributed by atoms with Crippen molar-refractivity contribution in [3.63, 3.8) is 0 Å². The van der Waals surface area contributed by atoms with Crippen LogP contribution in [-0.4, -0.2) is 24.7 Å². The third-order valence-corrected chi connectivity index (χ3v) is 3.60. The third kappa shape index (κ3) is 2.31. The molecule has 1 aliphatic rings. The van der Waals surface area contributed by atoms with Gasteiger partial charge < -0.3 is 10.6 Å². The van der Waals surface area contributed by atoms with Crippen LogP contribution in [0.25, 0.3) is 0 Å². The molecular weight excluding hydrogens is 301 g/mol. The fourth-order valence-electron chi connectivity index (χ4n) is 2.13. The summed E-state index contributed by atoms with van der Waals surface area (Å²) in [6, 6.07) is 6.34. The summed E-state index contributed by atoms with van der Waals surface area (Å²) in [6.45, 7) is 0.137. The molecule has 0 unspecified atom stereocenters. The number of primary amides is 1. The maximum atomic E-state index is 13.4. The van der Waals surface area contributed by atoms with Crippen molar-refractivity contribution in [2.45, 2.75) is 18.6 Å². The molecular formula is C12H11BrFN3O. The zero-order chi connectivity index (χ0) is 13.3. The minimum atomic E-state index is -1.06. The van der Waals surface area contributed by atoms with Gasteiger partial charge in [-0.15, -0.1) is 0 Å². The van der Waals surface area contributed by atoms with Crippen molar-refractivity contribution in [1.29, 1.82) is 5.26 Å². The number of alkyl halides is 1. The first-order chi connectivity index (χ1) is 8.52. The van der Waals surface area contributed by atoms with E-state index in [1.165, 1.54) is 0 Å². The first-order valence-electron chi connectivity index (χ1n) is 5.42. The Kier molecular flexibility index (Phi) is 3.53. The number of carbonyl (C=O) groups is 1. The van der Waals surface area contributed by atoms with E-state index in [2.05, 4.69) is 15.9 Å². The Balaban J connectivity index is 2.36. The molecule has 2 rings (SSSR count). The van der Waals surface area contributed by atoms with Crippen molar-refractivity contribution in [3.05, 3.63) is 28.2 Å². The molecule has 1 aliphatic heterocycles. The molecule has 1 aromatic rings. The zero-order valence-electron chi connectivity index (χ0n) is 9.44. The highest BCUT2D eigenvalue weighted by Crippen LogP contribution is 2.33. The molecule has 0 spiro atoms. The third-order valence-electron chi connectivity index (χ3n) is 2.96. The molecule has 0 radical (unpaired) electrons. The summed E-state index contributed by atoms with van der Waals surface area (Å²) in [5, 5.41) is 8.78. The Labute approximate surface area is 112 Å². The van der Waals surface area contributed by atoms with E-state index in [-0.39, 0.29) is 13.0 Å². The quantitative estimate of drug-likeness (QED) is 0.904. The van der Waals surface area contributed by atoms with Crippen molar-refractivity contribution in [3.8, 4) is 6.07 Å². The summed E-state index contributed by atoms with van der Waals surface area (Å²) in [7, 11) is 0. The Morgan fingerprint density at radius 1 is 1.61 bits per heavy atom. The lowest BCUT2D eigenvalue weighted by molar-refractivity contribution is -0.119. The van der Waals surface area contributed by atoms with Gasteiger partial charge in [0.15, 0.2) is 0 Å². The Bertz CT molecular complexity index is 529. The molecule has 0 bridgehead atoms. The fourth-order valence-corrected chi connectivity index (χ4v) is 2.74. The van der Waals surface area contributed by atoms with Gasteiger partial charge in [-0.2, -0.15) is 5.26 Å². The van der Waals surface area contributed by atoms with Crippen LogP contribution in [0.15, 0.2) is 22.7 Å². The predicted octanol–water partition coefficient (Wildman–Crippen LogP) is 1.72.